The highest BCUT2D eigenvalue weighted by Crippen LogP contribution is 2.33. The van der Waals surface area contributed by atoms with Gasteiger partial charge >= 0.3 is 0 Å². The van der Waals surface area contributed by atoms with Gasteiger partial charge in [-0.1, -0.05) is 12.1 Å². The predicted octanol–water partition coefficient (Wildman–Crippen LogP) is 2.65. The maximum Gasteiger partial charge on any atom is 0.267 e. The molecule has 3 aromatic heterocycles. The second kappa shape index (κ2) is 7.97. The van der Waals surface area contributed by atoms with E-state index in [0.29, 0.717) is 52.6 Å². The van der Waals surface area contributed by atoms with Crippen LogP contribution in [0.15, 0.2) is 59.7 Å². The number of rotatable bonds is 4. The number of para-hydroxylation sites is 1. The van der Waals surface area contributed by atoms with Crippen molar-refractivity contribution in [2.24, 2.45) is 0 Å². The molecule has 11 heteroatoms. The molecule has 0 aliphatic carbocycles. The van der Waals surface area contributed by atoms with Crippen molar-refractivity contribution >= 4 is 33.6 Å². The van der Waals surface area contributed by atoms with Crippen molar-refractivity contribution in [2.45, 2.75) is 6.10 Å². The molecule has 0 amide bonds. The number of ether oxygens (including phenoxy) is 2. The van der Waals surface area contributed by atoms with Crippen LogP contribution in [0.2, 0.25) is 0 Å². The summed E-state index contributed by atoms with van der Waals surface area (Å²) in [4.78, 5) is 24.3. The lowest BCUT2D eigenvalue weighted by molar-refractivity contribution is 0.0959. The third kappa shape index (κ3) is 3.48. The van der Waals surface area contributed by atoms with Crippen molar-refractivity contribution in [1.29, 1.82) is 0 Å². The molecule has 0 saturated heterocycles. The van der Waals surface area contributed by atoms with E-state index in [1.54, 1.807) is 41.4 Å². The third-order valence-corrected chi connectivity index (χ3v) is 5.91. The minimum absolute atomic E-state index is 0.0952. The van der Waals surface area contributed by atoms with Crippen molar-refractivity contribution in [2.75, 3.05) is 30.8 Å². The van der Waals surface area contributed by atoms with Crippen molar-refractivity contribution in [3.63, 3.8) is 0 Å². The van der Waals surface area contributed by atoms with Gasteiger partial charge in [0.15, 0.2) is 23.3 Å². The number of likely N-dealkylation sites (N-methyl/N-ethyl adjacent to an activating group) is 1. The van der Waals surface area contributed by atoms with E-state index in [1.165, 1.54) is 22.9 Å². The topological polar surface area (TPSA) is 124 Å². The Labute approximate surface area is 197 Å². The van der Waals surface area contributed by atoms with Gasteiger partial charge in [0, 0.05) is 25.0 Å². The summed E-state index contributed by atoms with van der Waals surface area (Å²) in [6, 6.07) is 11.3. The Morgan fingerprint density at radius 2 is 2.06 bits per heavy atom. The van der Waals surface area contributed by atoms with Crippen LogP contribution in [0.25, 0.3) is 27.6 Å². The van der Waals surface area contributed by atoms with E-state index in [0.717, 1.165) is 0 Å². The van der Waals surface area contributed by atoms with E-state index in [4.69, 9.17) is 15.2 Å². The van der Waals surface area contributed by atoms with Crippen LogP contribution < -0.4 is 25.7 Å². The average molecular weight is 473 g/mol. The van der Waals surface area contributed by atoms with Crippen LogP contribution in [-0.2, 0) is 0 Å². The highest BCUT2D eigenvalue weighted by molar-refractivity contribution is 6.02. The van der Waals surface area contributed by atoms with E-state index in [9.17, 15) is 9.18 Å². The van der Waals surface area contributed by atoms with Crippen LogP contribution in [0, 0.1) is 5.82 Å². The van der Waals surface area contributed by atoms with Crippen molar-refractivity contribution in [3.8, 4) is 17.2 Å². The largest absolute Gasteiger partial charge is 0.486 e. The Bertz CT molecular complexity index is 1650. The van der Waals surface area contributed by atoms with Gasteiger partial charge in [-0.15, -0.1) is 0 Å². The number of nitrogens with two attached hydrogens (primary N) is 1. The Kier molecular flexibility index (Phi) is 4.76. The van der Waals surface area contributed by atoms with E-state index in [-0.39, 0.29) is 17.4 Å². The Morgan fingerprint density at radius 3 is 2.91 bits per heavy atom. The summed E-state index contributed by atoms with van der Waals surface area (Å²) in [6.07, 6.45) is 2.72. The fourth-order valence-corrected chi connectivity index (χ4v) is 4.23. The minimum atomic E-state index is -0.542. The third-order valence-electron chi connectivity index (χ3n) is 5.91. The number of hydrogen-bond acceptors (Lipinski definition) is 8. The quantitative estimate of drug-likeness (QED) is 0.382. The van der Waals surface area contributed by atoms with Crippen LogP contribution >= 0.6 is 0 Å². The van der Waals surface area contributed by atoms with Crippen LogP contribution in [-0.4, -0.2) is 51.0 Å². The molecule has 0 spiro atoms. The number of fused-ring (bicyclic) bond motifs is 4. The van der Waals surface area contributed by atoms with Gasteiger partial charge in [-0.05, 0) is 24.3 Å². The average Bonchev–Trinajstić information content (AvgIpc) is 3.36. The molecule has 0 unspecified atom stereocenters. The molecule has 3 N–H and O–H groups in total. The lowest BCUT2D eigenvalue weighted by atomic mass is 10.2. The summed E-state index contributed by atoms with van der Waals surface area (Å²) in [5.74, 6) is 1.01. The standard InChI is InChI=1S/C24H20FN7O3/c1-31(11-14-12-34-20-8-13(26)6-7-19(20)35-14)24-27-9-15-21-16(10-28-30-21)23(33)32(22(15)29-24)18-5-3-2-4-17(18)25/h2-10,14H,11-12,26H2,1H3,(H,28,30)/t14-/m0/s1. The van der Waals surface area contributed by atoms with Gasteiger partial charge in [0.1, 0.15) is 12.4 Å². The fourth-order valence-electron chi connectivity index (χ4n) is 4.23. The molecule has 0 saturated carbocycles. The van der Waals surface area contributed by atoms with Gasteiger partial charge in [0.25, 0.3) is 5.56 Å². The number of halogens is 1. The molecule has 6 rings (SSSR count). The van der Waals surface area contributed by atoms with Gasteiger partial charge < -0.3 is 20.1 Å². The van der Waals surface area contributed by atoms with Gasteiger partial charge in [-0.25, -0.2) is 9.37 Å². The number of anilines is 2. The summed E-state index contributed by atoms with van der Waals surface area (Å²) < 4.78 is 27.8. The number of H-pyrrole nitrogens is 1. The smallest absolute Gasteiger partial charge is 0.267 e. The summed E-state index contributed by atoms with van der Waals surface area (Å²) in [6.45, 7) is 0.731. The zero-order valence-corrected chi connectivity index (χ0v) is 18.6. The number of aromatic amines is 1. The number of aromatic nitrogens is 5. The lowest BCUT2D eigenvalue weighted by Gasteiger charge is -2.29. The molecule has 4 heterocycles. The molecular formula is C24H20FN7O3. The number of pyridine rings is 1. The first-order valence-corrected chi connectivity index (χ1v) is 10.9. The second-order valence-electron chi connectivity index (χ2n) is 8.30. The normalized spacial score (nSPS) is 15.0. The highest BCUT2D eigenvalue weighted by atomic mass is 19.1. The van der Waals surface area contributed by atoms with Gasteiger partial charge in [-0.2, -0.15) is 10.1 Å². The molecule has 35 heavy (non-hydrogen) atoms. The molecule has 10 nitrogen and oxygen atoms in total. The molecule has 1 atom stereocenters. The Morgan fingerprint density at radius 1 is 1.20 bits per heavy atom. The van der Waals surface area contributed by atoms with Crippen LogP contribution in [0.3, 0.4) is 0 Å². The minimum Gasteiger partial charge on any atom is -0.486 e. The number of nitrogens with one attached hydrogen (secondary N) is 1. The second-order valence-corrected chi connectivity index (χ2v) is 8.30. The van der Waals surface area contributed by atoms with Crippen LogP contribution in [0.4, 0.5) is 16.0 Å². The molecule has 0 radical (unpaired) electrons. The fraction of sp³-hybridized carbons (Fsp3) is 0.167. The predicted molar refractivity (Wildman–Crippen MR) is 129 cm³/mol. The maximum absolute atomic E-state index is 14.7. The highest BCUT2D eigenvalue weighted by Gasteiger charge is 2.24. The van der Waals surface area contributed by atoms with Crippen molar-refractivity contribution in [1.82, 2.24) is 24.7 Å². The number of hydrogen-bond donors (Lipinski definition) is 2. The number of nitrogens with zero attached hydrogens (tertiary/aromatic N) is 5. The van der Waals surface area contributed by atoms with Crippen molar-refractivity contribution < 1.29 is 13.9 Å². The molecule has 5 aromatic rings. The summed E-state index contributed by atoms with van der Waals surface area (Å²) >= 11 is 0. The monoisotopic (exact) mass is 473 g/mol. The summed E-state index contributed by atoms with van der Waals surface area (Å²) in [7, 11) is 1.81. The molecule has 176 valence electrons. The summed E-state index contributed by atoms with van der Waals surface area (Å²) in [5.41, 5.74) is 6.82. The summed E-state index contributed by atoms with van der Waals surface area (Å²) in [5, 5.41) is 7.68. The lowest BCUT2D eigenvalue weighted by Crippen LogP contribution is -2.40. The van der Waals surface area contributed by atoms with Gasteiger partial charge in [-0.3, -0.25) is 14.5 Å². The van der Waals surface area contributed by atoms with Crippen LogP contribution in [0.5, 0.6) is 11.5 Å². The first-order chi connectivity index (χ1) is 17.0. The SMILES string of the molecule is CN(C[C@H]1COc2cc(N)ccc2O1)c1ncc2c3[nH]ncc3c(=O)n(-c3ccccc3F)c2n1. The zero-order chi connectivity index (χ0) is 24.1. The zero-order valence-electron chi connectivity index (χ0n) is 18.6. The Balaban J connectivity index is 1.40. The Hall–Kier alpha value is -4.67. The molecule has 1 aliphatic heterocycles. The van der Waals surface area contributed by atoms with Gasteiger partial charge in [0.05, 0.1) is 34.7 Å². The van der Waals surface area contributed by atoms with Crippen molar-refractivity contribution in [3.05, 3.63) is 71.0 Å². The van der Waals surface area contributed by atoms with E-state index < -0.39 is 11.4 Å². The molecule has 0 fully saturated rings. The maximum atomic E-state index is 14.7. The molecular weight excluding hydrogens is 453 g/mol. The van der Waals surface area contributed by atoms with E-state index in [2.05, 4.69) is 20.2 Å². The van der Waals surface area contributed by atoms with Crippen LogP contribution in [0.1, 0.15) is 0 Å². The number of benzene rings is 2. The molecule has 1 aliphatic rings. The van der Waals surface area contributed by atoms with E-state index >= 15 is 0 Å². The van der Waals surface area contributed by atoms with E-state index in [1.807, 2.05) is 7.05 Å². The first kappa shape index (κ1) is 20.9. The molecule has 0 bridgehead atoms. The first-order valence-electron chi connectivity index (χ1n) is 10.9. The van der Waals surface area contributed by atoms with Gasteiger partial charge in [0.2, 0.25) is 5.95 Å². The molecule has 2 aromatic carbocycles. The number of nitrogen functional groups attached to an aromatic ring is 1.